The number of carbonyl (C=O) groups is 1. The van der Waals surface area contributed by atoms with Crippen molar-refractivity contribution in [2.24, 2.45) is 0 Å². The fourth-order valence-electron chi connectivity index (χ4n) is 1.31. The van der Waals surface area contributed by atoms with E-state index < -0.39 is 29.5 Å². The molecule has 1 unspecified atom stereocenters. The molecule has 0 radical (unpaired) electrons. The maximum Gasteiger partial charge on any atom is 0.154 e. The van der Waals surface area contributed by atoms with E-state index in [9.17, 15) is 25.2 Å². The molecule has 6 nitrogen and oxygen atoms in total. The van der Waals surface area contributed by atoms with Crippen LogP contribution in [0.1, 0.15) is 20.8 Å². The van der Waals surface area contributed by atoms with Crippen LogP contribution in [0.15, 0.2) is 0 Å². The number of aliphatic hydroxyl groups is 5. The van der Waals surface area contributed by atoms with Gasteiger partial charge in [0.2, 0.25) is 0 Å². The SMILES string of the molecule is CC(O)[C@@H](O)[C@](C)(O)[C@H](O)[C@@](C)(O)C=O. The maximum atomic E-state index is 10.4. The molecule has 0 spiro atoms. The normalized spacial score (nSPS) is 25.9. The van der Waals surface area contributed by atoms with E-state index in [0.29, 0.717) is 0 Å². The third-order valence-corrected chi connectivity index (χ3v) is 2.40. The fourth-order valence-corrected chi connectivity index (χ4v) is 1.31. The summed E-state index contributed by atoms with van der Waals surface area (Å²) in [6, 6.07) is 0. The van der Waals surface area contributed by atoms with Gasteiger partial charge in [0.1, 0.15) is 23.4 Å². The van der Waals surface area contributed by atoms with Crippen molar-refractivity contribution in [3.05, 3.63) is 0 Å². The molecule has 5 atom stereocenters. The lowest BCUT2D eigenvalue weighted by Crippen LogP contribution is -2.62. The van der Waals surface area contributed by atoms with E-state index in [-0.39, 0.29) is 6.29 Å². The molecule has 0 aliphatic carbocycles. The lowest BCUT2D eigenvalue weighted by atomic mass is 9.81. The molecule has 0 saturated heterocycles. The van der Waals surface area contributed by atoms with Gasteiger partial charge in [-0.25, -0.2) is 0 Å². The van der Waals surface area contributed by atoms with Gasteiger partial charge in [0.05, 0.1) is 6.10 Å². The van der Waals surface area contributed by atoms with Crippen LogP contribution in [0.5, 0.6) is 0 Å². The second-order valence-corrected chi connectivity index (χ2v) is 4.16. The highest BCUT2D eigenvalue weighted by Gasteiger charge is 2.48. The topological polar surface area (TPSA) is 118 Å². The zero-order chi connectivity index (χ0) is 12.4. The molecule has 90 valence electrons. The Bertz CT molecular complexity index is 223. The average Bonchev–Trinajstić information content (AvgIpc) is 2.15. The van der Waals surface area contributed by atoms with Crippen molar-refractivity contribution in [3.63, 3.8) is 0 Å². The first-order valence-electron chi connectivity index (χ1n) is 4.52. The fraction of sp³-hybridized carbons (Fsp3) is 0.889. The summed E-state index contributed by atoms with van der Waals surface area (Å²) in [6.07, 6.45) is -4.84. The van der Waals surface area contributed by atoms with Crippen LogP contribution in [0.2, 0.25) is 0 Å². The Morgan fingerprint density at radius 3 is 1.80 bits per heavy atom. The van der Waals surface area contributed by atoms with Gasteiger partial charge in [-0.05, 0) is 20.8 Å². The van der Waals surface area contributed by atoms with Gasteiger partial charge in [-0.1, -0.05) is 0 Å². The third-order valence-electron chi connectivity index (χ3n) is 2.40. The lowest BCUT2D eigenvalue weighted by molar-refractivity contribution is -0.207. The Labute approximate surface area is 87.8 Å². The number of hydrogen-bond donors (Lipinski definition) is 5. The van der Waals surface area contributed by atoms with Gasteiger partial charge < -0.3 is 30.3 Å². The molecule has 5 N–H and O–H groups in total. The maximum absolute atomic E-state index is 10.4. The molecule has 0 aromatic heterocycles. The summed E-state index contributed by atoms with van der Waals surface area (Å²) < 4.78 is 0. The molecular formula is C9H18O6. The number of carbonyl (C=O) groups excluding carboxylic acids is 1. The highest BCUT2D eigenvalue weighted by Crippen LogP contribution is 2.24. The second kappa shape index (κ2) is 4.54. The standard InChI is InChI=1S/C9H18O6/c1-5(11)6(12)9(3,15)7(13)8(2,14)4-10/h4-7,11-15H,1-3H3/t5?,6-,7-,8+,9+/m1/s1. The largest absolute Gasteiger partial charge is 0.391 e. The van der Waals surface area contributed by atoms with Crippen molar-refractivity contribution in [2.75, 3.05) is 0 Å². The Morgan fingerprint density at radius 2 is 1.53 bits per heavy atom. The van der Waals surface area contributed by atoms with Crippen molar-refractivity contribution < 1.29 is 30.3 Å². The summed E-state index contributed by atoms with van der Waals surface area (Å²) in [5.41, 5.74) is -4.39. The van der Waals surface area contributed by atoms with Crippen LogP contribution in [-0.4, -0.2) is 61.3 Å². The Hall–Kier alpha value is -0.530. The summed E-state index contributed by atoms with van der Waals surface area (Å²) in [6.45, 7) is 3.22. The molecule has 0 bridgehead atoms. The molecule has 0 aliphatic rings. The van der Waals surface area contributed by atoms with E-state index >= 15 is 0 Å². The number of hydrogen-bond acceptors (Lipinski definition) is 6. The van der Waals surface area contributed by atoms with Crippen LogP contribution in [-0.2, 0) is 4.79 Å². The lowest BCUT2D eigenvalue weighted by Gasteiger charge is -2.39. The van der Waals surface area contributed by atoms with E-state index in [2.05, 4.69) is 0 Å². The Morgan fingerprint density at radius 1 is 1.13 bits per heavy atom. The molecule has 0 rings (SSSR count). The number of aliphatic hydroxyl groups excluding tert-OH is 3. The monoisotopic (exact) mass is 222 g/mol. The molecule has 0 heterocycles. The van der Waals surface area contributed by atoms with E-state index in [1.54, 1.807) is 0 Å². The molecule has 0 fully saturated rings. The summed E-state index contributed by atoms with van der Waals surface area (Å²) >= 11 is 0. The first-order chi connectivity index (χ1) is 6.57. The third kappa shape index (κ3) is 2.96. The van der Waals surface area contributed by atoms with Gasteiger partial charge in [-0.15, -0.1) is 0 Å². The van der Waals surface area contributed by atoms with Crippen LogP contribution in [0, 0.1) is 0 Å². The van der Waals surface area contributed by atoms with Crippen LogP contribution in [0.4, 0.5) is 0 Å². The molecule has 6 heteroatoms. The molecule has 0 amide bonds. The van der Waals surface area contributed by atoms with Crippen LogP contribution in [0.25, 0.3) is 0 Å². The highest BCUT2D eigenvalue weighted by molar-refractivity contribution is 5.62. The Balaban J connectivity index is 4.95. The van der Waals surface area contributed by atoms with Gasteiger partial charge in [0, 0.05) is 0 Å². The van der Waals surface area contributed by atoms with Gasteiger partial charge in [-0.3, -0.25) is 0 Å². The molecular weight excluding hydrogens is 204 g/mol. The zero-order valence-electron chi connectivity index (χ0n) is 8.95. The van der Waals surface area contributed by atoms with Crippen molar-refractivity contribution >= 4 is 6.29 Å². The van der Waals surface area contributed by atoms with Crippen molar-refractivity contribution in [3.8, 4) is 0 Å². The van der Waals surface area contributed by atoms with Crippen LogP contribution < -0.4 is 0 Å². The van der Waals surface area contributed by atoms with Crippen molar-refractivity contribution in [2.45, 2.75) is 50.3 Å². The number of rotatable bonds is 5. The Kier molecular flexibility index (Phi) is 4.38. The van der Waals surface area contributed by atoms with Crippen molar-refractivity contribution in [1.82, 2.24) is 0 Å². The minimum absolute atomic E-state index is 0.0564. The second-order valence-electron chi connectivity index (χ2n) is 4.16. The summed E-state index contributed by atoms with van der Waals surface area (Å²) in [7, 11) is 0. The molecule has 0 aromatic rings. The van der Waals surface area contributed by atoms with Crippen molar-refractivity contribution in [1.29, 1.82) is 0 Å². The van der Waals surface area contributed by atoms with E-state index in [1.807, 2.05) is 0 Å². The summed E-state index contributed by atoms with van der Waals surface area (Å²) in [5.74, 6) is 0. The van der Waals surface area contributed by atoms with Gasteiger partial charge >= 0.3 is 0 Å². The minimum atomic E-state index is -2.20. The van der Waals surface area contributed by atoms with Crippen LogP contribution in [0.3, 0.4) is 0 Å². The first kappa shape index (κ1) is 14.5. The molecule has 15 heavy (non-hydrogen) atoms. The van der Waals surface area contributed by atoms with E-state index in [4.69, 9.17) is 5.11 Å². The molecule has 0 aliphatic heterocycles. The average molecular weight is 222 g/mol. The summed E-state index contributed by atoms with van der Waals surface area (Å²) in [4.78, 5) is 10.4. The molecule has 0 aromatic carbocycles. The van der Waals surface area contributed by atoms with Crippen LogP contribution >= 0.6 is 0 Å². The number of aldehydes is 1. The predicted molar refractivity (Wildman–Crippen MR) is 51.0 cm³/mol. The molecule has 0 saturated carbocycles. The minimum Gasteiger partial charge on any atom is -0.391 e. The summed E-state index contributed by atoms with van der Waals surface area (Å²) in [5, 5.41) is 47.1. The zero-order valence-corrected chi connectivity index (χ0v) is 8.95. The highest BCUT2D eigenvalue weighted by atomic mass is 16.4. The van der Waals surface area contributed by atoms with Gasteiger partial charge in [-0.2, -0.15) is 0 Å². The van der Waals surface area contributed by atoms with E-state index in [1.165, 1.54) is 6.92 Å². The van der Waals surface area contributed by atoms with Gasteiger partial charge in [0.15, 0.2) is 6.29 Å². The smallest absolute Gasteiger partial charge is 0.154 e. The van der Waals surface area contributed by atoms with E-state index in [0.717, 1.165) is 13.8 Å². The quantitative estimate of drug-likeness (QED) is 0.337. The van der Waals surface area contributed by atoms with Gasteiger partial charge in [0.25, 0.3) is 0 Å². The predicted octanol–water partition coefficient (Wildman–Crippen LogP) is -2.21. The first-order valence-corrected chi connectivity index (χ1v) is 4.52.